The first-order valence-electron chi connectivity index (χ1n) is 5.86. The van der Waals surface area contributed by atoms with Crippen LogP contribution in [0.5, 0.6) is 0 Å². The van der Waals surface area contributed by atoms with Crippen molar-refractivity contribution in [3.63, 3.8) is 0 Å². The lowest BCUT2D eigenvalue weighted by atomic mass is 10.0. The second kappa shape index (κ2) is 3.84. The van der Waals surface area contributed by atoms with Crippen molar-refractivity contribution in [3.05, 3.63) is 0 Å². The van der Waals surface area contributed by atoms with Crippen LogP contribution in [0.2, 0.25) is 0 Å². The van der Waals surface area contributed by atoms with E-state index in [4.69, 9.17) is 5.26 Å². The molecule has 2 rings (SSSR count). The Labute approximate surface area is 91.1 Å². The van der Waals surface area contributed by atoms with Gasteiger partial charge in [0.15, 0.2) is 0 Å². The quantitative estimate of drug-likeness (QED) is 0.705. The monoisotopic (exact) mass is 206 g/mol. The highest BCUT2D eigenvalue weighted by Gasteiger charge is 2.45. The number of nitrogens with zero attached hydrogens (tertiary/aromatic N) is 2. The van der Waals surface area contributed by atoms with Crippen LogP contribution in [0.1, 0.15) is 39.0 Å². The van der Waals surface area contributed by atoms with Crippen LogP contribution in [-0.2, 0) is 4.79 Å². The highest BCUT2D eigenvalue weighted by Crippen LogP contribution is 2.50. The van der Waals surface area contributed by atoms with Gasteiger partial charge in [0.2, 0.25) is 5.91 Å². The van der Waals surface area contributed by atoms with Gasteiger partial charge in [0.25, 0.3) is 0 Å². The van der Waals surface area contributed by atoms with Crippen LogP contribution in [0.15, 0.2) is 0 Å². The van der Waals surface area contributed by atoms with Gasteiger partial charge in [0.05, 0.1) is 12.0 Å². The molecule has 0 aromatic heterocycles. The van der Waals surface area contributed by atoms with Crippen LogP contribution in [0.4, 0.5) is 0 Å². The molecule has 3 heteroatoms. The molecule has 0 N–H and O–H groups in total. The summed E-state index contributed by atoms with van der Waals surface area (Å²) >= 11 is 0. The summed E-state index contributed by atoms with van der Waals surface area (Å²) < 4.78 is 0. The third kappa shape index (κ3) is 2.14. The summed E-state index contributed by atoms with van der Waals surface area (Å²) in [6.07, 6.45) is 5.40. The Morgan fingerprint density at radius 2 is 2.33 bits per heavy atom. The van der Waals surface area contributed by atoms with Gasteiger partial charge < -0.3 is 4.90 Å². The fourth-order valence-corrected chi connectivity index (χ4v) is 2.61. The summed E-state index contributed by atoms with van der Waals surface area (Å²) in [6, 6.07) is 2.20. The maximum Gasteiger partial charge on any atom is 0.224 e. The Bertz CT molecular complexity index is 301. The van der Waals surface area contributed by atoms with Gasteiger partial charge in [0.1, 0.15) is 0 Å². The molecule has 3 nitrogen and oxygen atoms in total. The van der Waals surface area contributed by atoms with Gasteiger partial charge in [-0.3, -0.25) is 4.79 Å². The number of hydrogen-bond acceptors (Lipinski definition) is 2. The first-order valence-corrected chi connectivity index (χ1v) is 5.86. The topological polar surface area (TPSA) is 44.1 Å². The molecule has 1 atom stereocenters. The lowest BCUT2D eigenvalue weighted by Gasteiger charge is -2.22. The molecular formula is C12H18N2O. The van der Waals surface area contributed by atoms with Crippen molar-refractivity contribution < 1.29 is 4.79 Å². The molecule has 1 saturated carbocycles. The van der Waals surface area contributed by atoms with Crippen molar-refractivity contribution in [2.45, 2.75) is 39.0 Å². The fourth-order valence-electron chi connectivity index (χ4n) is 2.61. The van der Waals surface area contributed by atoms with Gasteiger partial charge >= 0.3 is 0 Å². The maximum atomic E-state index is 11.6. The normalized spacial score (nSPS) is 27.9. The van der Waals surface area contributed by atoms with Crippen LogP contribution in [0.25, 0.3) is 0 Å². The van der Waals surface area contributed by atoms with E-state index in [1.165, 1.54) is 25.7 Å². The molecule has 2 aliphatic rings. The van der Waals surface area contributed by atoms with Crippen molar-refractivity contribution in [3.8, 4) is 6.07 Å². The number of rotatable bonds is 4. The number of likely N-dealkylation sites (tertiary alicyclic amines) is 1. The van der Waals surface area contributed by atoms with Gasteiger partial charge in [-0.25, -0.2) is 0 Å². The van der Waals surface area contributed by atoms with Crippen molar-refractivity contribution in [2.24, 2.45) is 11.3 Å². The highest BCUT2D eigenvalue weighted by molar-refractivity contribution is 5.79. The zero-order chi connectivity index (χ0) is 10.9. The molecule has 0 radical (unpaired) electrons. The maximum absolute atomic E-state index is 11.6. The minimum Gasteiger partial charge on any atom is -0.341 e. The van der Waals surface area contributed by atoms with E-state index in [2.05, 4.69) is 13.0 Å². The SMILES string of the molecule is CCCC1(CN2CC(C#N)CC2=O)CC1. The molecule has 1 heterocycles. The second-order valence-corrected chi connectivity index (χ2v) is 5.05. The third-order valence-electron chi connectivity index (χ3n) is 3.66. The molecule has 1 amide bonds. The van der Waals surface area contributed by atoms with E-state index in [-0.39, 0.29) is 11.8 Å². The predicted molar refractivity (Wildman–Crippen MR) is 56.9 cm³/mol. The number of carbonyl (C=O) groups excluding carboxylic acids is 1. The number of amides is 1. The number of hydrogen-bond donors (Lipinski definition) is 0. The lowest BCUT2D eigenvalue weighted by Crippen LogP contribution is -2.31. The zero-order valence-corrected chi connectivity index (χ0v) is 9.33. The Morgan fingerprint density at radius 3 is 2.80 bits per heavy atom. The Morgan fingerprint density at radius 1 is 1.60 bits per heavy atom. The summed E-state index contributed by atoms with van der Waals surface area (Å²) in [5, 5.41) is 8.79. The summed E-state index contributed by atoms with van der Waals surface area (Å²) in [5.41, 5.74) is 0.425. The average Bonchev–Trinajstić information content (AvgIpc) is 2.87. The molecule has 1 aliphatic heterocycles. The van der Waals surface area contributed by atoms with Crippen molar-refractivity contribution in [2.75, 3.05) is 13.1 Å². The molecule has 15 heavy (non-hydrogen) atoms. The van der Waals surface area contributed by atoms with Crippen LogP contribution in [0.3, 0.4) is 0 Å². The fraction of sp³-hybridized carbons (Fsp3) is 0.833. The van der Waals surface area contributed by atoms with Crippen LogP contribution >= 0.6 is 0 Å². The molecule has 1 unspecified atom stereocenters. The van der Waals surface area contributed by atoms with Gasteiger partial charge in [-0.05, 0) is 24.7 Å². The van der Waals surface area contributed by atoms with Crippen LogP contribution in [0, 0.1) is 22.7 Å². The molecule has 2 fully saturated rings. The van der Waals surface area contributed by atoms with Crippen molar-refractivity contribution >= 4 is 5.91 Å². The van der Waals surface area contributed by atoms with E-state index in [0.717, 1.165) is 6.54 Å². The summed E-state index contributed by atoms with van der Waals surface area (Å²) in [5.74, 6) is 0.124. The predicted octanol–water partition coefficient (Wildman–Crippen LogP) is 1.94. The molecule has 1 aliphatic carbocycles. The molecule has 0 aromatic rings. The molecular weight excluding hydrogens is 188 g/mol. The molecule has 82 valence electrons. The lowest BCUT2D eigenvalue weighted by molar-refractivity contribution is -0.128. The van der Waals surface area contributed by atoms with Gasteiger partial charge in [-0.2, -0.15) is 5.26 Å². The van der Waals surface area contributed by atoms with Gasteiger partial charge in [0, 0.05) is 19.5 Å². The van der Waals surface area contributed by atoms with Crippen LogP contribution < -0.4 is 0 Å². The molecule has 0 bridgehead atoms. The Hall–Kier alpha value is -1.04. The smallest absolute Gasteiger partial charge is 0.224 e. The van der Waals surface area contributed by atoms with Crippen LogP contribution in [-0.4, -0.2) is 23.9 Å². The standard InChI is InChI=1S/C12H18N2O/c1-2-3-12(4-5-12)9-14-8-10(7-13)6-11(14)15/h10H,2-6,8-9H2,1H3. The minimum absolute atomic E-state index is 0.0603. The largest absolute Gasteiger partial charge is 0.341 e. The molecule has 1 saturated heterocycles. The van der Waals surface area contributed by atoms with E-state index in [1.54, 1.807) is 0 Å². The minimum atomic E-state index is -0.0603. The number of nitriles is 1. The second-order valence-electron chi connectivity index (χ2n) is 5.05. The third-order valence-corrected chi connectivity index (χ3v) is 3.66. The van der Waals surface area contributed by atoms with E-state index in [0.29, 0.717) is 18.4 Å². The molecule has 0 aromatic carbocycles. The summed E-state index contributed by atoms with van der Waals surface area (Å²) in [4.78, 5) is 13.5. The first kappa shape index (κ1) is 10.5. The number of carbonyl (C=O) groups is 1. The van der Waals surface area contributed by atoms with E-state index < -0.39 is 0 Å². The van der Waals surface area contributed by atoms with E-state index >= 15 is 0 Å². The zero-order valence-electron chi connectivity index (χ0n) is 9.33. The molecule has 0 spiro atoms. The van der Waals surface area contributed by atoms with Gasteiger partial charge in [-0.15, -0.1) is 0 Å². The summed E-state index contributed by atoms with van der Waals surface area (Å²) in [6.45, 7) is 3.77. The Balaban J connectivity index is 1.90. The Kier molecular flexibility index (Phi) is 2.68. The van der Waals surface area contributed by atoms with Crippen molar-refractivity contribution in [1.29, 1.82) is 5.26 Å². The highest BCUT2D eigenvalue weighted by atomic mass is 16.2. The van der Waals surface area contributed by atoms with E-state index in [9.17, 15) is 4.79 Å². The first-order chi connectivity index (χ1) is 7.19. The summed E-state index contributed by atoms with van der Waals surface area (Å²) in [7, 11) is 0. The van der Waals surface area contributed by atoms with E-state index in [1.807, 2.05) is 4.90 Å². The average molecular weight is 206 g/mol. The van der Waals surface area contributed by atoms with Crippen molar-refractivity contribution in [1.82, 2.24) is 4.90 Å². The van der Waals surface area contributed by atoms with Gasteiger partial charge in [-0.1, -0.05) is 13.3 Å².